The second-order valence-electron chi connectivity index (χ2n) is 4.65. The first-order valence-corrected chi connectivity index (χ1v) is 8.06. The first-order chi connectivity index (χ1) is 10.4. The van der Waals surface area contributed by atoms with Crippen molar-refractivity contribution in [1.82, 2.24) is 9.55 Å². The van der Waals surface area contributed by atoms with Crippen LogP contribution in [0.25, 0.3) is 16.6 Å². The summed E-state index contributed by atoms with van der Waals surface area (Å²) in [6, 6.07) is 7.72. The van der Waals surface area contributed by atoms with Crippen LogP contribution in [0, 0.1) is 16.3 Å². The number of para-hydroxylation sites is 1. The second kappa shape index (κ2) is 5.79. The fraction of sp³-hybridized carbons (Fsp3) is 0.0667. The molecule has 0 unspecified atom stereocenters. The van der Waals surface area contributed by atoms with Crippen LogP contribution in [-0.2, 0) is 0 Å². The molecular weight excluding hydrogens is 441 g/mol. The first-order valence-electron chi connectivity index (χ1n) is 6.23. The van der Waals surface area contributed by atoms with E-state index in [2.05, 4.69) is 4.98 Å². The van der Waals surface area contributed by atoms with Gasteiger partial charge in [0.1, 0.15) is 11.6 Å². The molecule has 0 aliphatic heterocycles. The van der Waals surface area contributed by atoms with E-state index in [4.69, 9.17) is 23.2 Å². The molecule has 0 saturated heterocycles. The highest BCUT2D eigenvalue weighted by atomic mass is 127. The summed E-state index contributed by atoms with van der Waals surface area (Å²) >= 11 is 14.2. The van der Waals surface area contributed by atoms with Gasteiger partial charge in [0.25, 0.3) is 5.56 Å². The topological polar surface area (TPSA) is 34.9 Å². The molecular formula is C15H8Cl2FIN2O. The summed E-state index contributed by atoms with van der Waals surface area (Å²) in [7, 11) is 0. The Kier molecular flexibility index (Phi) is 4.13. The van der Waals surface area contributed by atoms with Crippen LogP contribution >= 0.6 is 45.8 Å². The van der Waals surface area contributed by atoms with Crippen LogP contribution < -0.4 is 5.56 Å². The second-order valence-corrected chi connectivity index (χ2v) is 6.63. The molecule has 0 aliphatic rings. The lowest BCUT2D eigenvalue weighted by atomic mass is 10.2. The molecule has 1 aromatic heterocycles. The third-order valence-electron chi connectivity index (χ3n) is 3.24. The van der Waals surface area contributed by atoms with E-state index >= 15 is 0 Å². The van der Waals surface area contributed by atoms with Gasteiger partial charge in [0.05, 0.1) is 26.6 Å². The van der Waals surface area contributed by atoms with Gasteiger partial charge in [-0.25, -0.2) is 9.37 Å². The van der Waals surface area contributed by atoms with Crippen LogP contribution in [0.2, 0.25) is 10.0 Å². The van der Waals surface area contributed by atoms with Crippen LogP contribution in [0.5, 0.6) is 0 Å². The Hall–Kier alpha value is -1.18. The van der Waals surface area contributed by atoms with E-state index in [1.54, 1.807) is 25.1 Å². The summed E-state index contributed by atoms with van der Waals surface area (Å²) < 4.78 is 15.4. The summed E-state index contributed by atoms with van der Waals surface area (Å²) in [4.78, 5) is 17.1. The molecule has 0 radical (unpaired) electrons. The molecule has 0 saturated carbocycles. The molecule has 0 fully saturated rings. The maximum absolute atomic E-state index is 13.7. The molecule has 0 aliphatic carbocycles. The Bertz CT molecular complexity index is 952. The number of aromatic nitrogens is 2. The fourth-order valence-corrected chi connectivity index (χ4v) is 3.29. The third-order valence-corrected chi connectivity index (χ3v) is 4.68. The van der Waals surface area contributed by atoms with Crippen molar-refractivity contribution in [3.8, 4) is 5.69 Å². The third kappa shape index (κ3) is 2.51. The van der Waals surface area contributed by atoms with Crippen LogP contribution in [0.15, 0.2) is 35.1 Å². The van der Waals surface area contributed by atoms with E-state index in [1.165, 1.54) is 16.7 Å². The Labute approximate surface area is 148 Å². The van der Waals surface area contributed by atoms with Crippen molar-refractivity contribution in [3.63, 3.8) is 0 Å². The number of nitrogens with zero attached hydrogens (tertiary/aromatic N) is 2. The highest BCUT2D eigenvalue weighted by molar-refractivity contribution is 14.1. The van der Waals surface area contributed by atoms with E-state index in [0.717, 1.165) is 0 Å². The molecule has 0 N–H and O–H groups in total. The maximum atomic E-state index is 13.7. The van der Waals surface area contributed by atoms with Gasteiger partial charge in [-0.1, -0.05) is 29.3 Å². The van der Waals surface area contributed by atoms with Gasteiger partial charge in [0, 0.05) is 9.64 Å². The molecule has 0 amide bonds. The Morgan fingerprint density at radius 2 is 1.86 bits per heavy atom. The van der Waals surface area contributed by atoms with Crippen molar-refractivity contribution in [2.24, 2.45) is 0 Å². The largest absolute Gasteiger partial charge is 0.268 e. The predicted molar refractivity (Wildman–Crippen MR) is 94.8 cm³/mol. The lowest BCUT2D eigenvalue weighted by Gasteiger charge is -2.14. The number of halogens is 4. The predicted octanol–water partition coefficient (Wildman–Crippen LogP) is 4.74. The number of hydrogen-bond acceptors (Lipinski definition) is 2. The number of aryl methyl sites for hydroxylation is 1. The van der Waals surface area contributed by atoms with Crippen LogP contribution in [0.1, 0.15) is 5.82 Å². The first kappa shape index (κ1) is 15.7. The van der Waals surface area contributed by atoms with Gasteiger partial charge in [0.15, 0.2) is 0 Å². The highest BCUT2D eigenvalue weighted by Gasteiger charge is 2.16. The molecule has 3 rings (SSSR count). The van der Waals surface area contributed by atoms with Crippen molar-refractivity contribution in [2.45, 2.75) is 6.92 Å². The van der Waals surface area contributed by atoms with Gasteiger partial charge >= 0.3 is 0 Å². The summed E-state index contributed by atoms with van der Waals surface area (Å²) in [5, 5.41) is 0.999. The van der Waals surface area contributed by atoms with Crippen molar-refractivity contribution in [2.75, 3.05) is 0 Å². The zero-order valence-corrected chi connectivity index (χ0v) is 14.9. The average Bonchev–Trinajstić information content (AvgIpc) is 2.44. The van der Waals surface area contributed by atoms with Crippen molar-refractivity contribution in [1.29, 1.82) is 0 Å². The highest BCUT2D eigenvalue weighted by Crippen LogP contribution is 2.28. The van der Waals surface area contributed by atoms with E-state index < -0.39 is 5.82 Å². The Morgan fingerprint density at radius 1 is 1.23 bits per heavy atom. The molecule has 3 nitrogen and oxygen atoms in total. The zero-order valence-electron chi connectivity index (χ0n) is 11.2. The minimum Gasteiger partial charge on any atom is -0.268 e. The quantitative estimate of drug-likeness (QED) is 0.504. The summed E-state index contributed by atoms with van der Waals surface area (Å²) in [6.45, 7) is 1.65. The fourth-order valence-electron chi connectivity index (χ4n) is 2.26. The lowest BCUT2D eigenvalue weighted by Crippen LogP contribution is -2.23. The summed E-state index contributed by atoms with van der Waals surface area (Å²) in [6.07, 6.45) is 0. The lowest BCUT2D eigenvalue weighted by molar-refractivity contribution is 0.621. The van der Waals surface area contributed by atoms with Crippen LogP contribution in [-0.4, -0.2) is 9.55 Å². The molecule has 0 atom stereocenters. The van der Waals surface area contributed by atoms with Gasteiger partial charge < -0.3 is 0 Å². The molecule has 22 heavy (non-hydrogen) atoms. The van der Waals surface area contributed by atoms with Crippen molar-refractivity contribution in [3.05, 3.63) is 65.9 Å². The molecule has 112 valence electrons. The SMILES string of the molecule is Cc1nc2cc(F)c(I)cc2c(=O)n1-c1c(Cl)cccc1Cl. The van der Waals surface area contributed by atoms with E-state index in [0.29, 0.717) is 36.0 Å². The van der Waals surface area contributed by atoms with Gasteiger partial charge in [-0.3, -0.25) is 9.36 Å². The maximum Gasteiger partial charge on any atom is 0.266 e. The monoisotopic (exact) mass is 448 g/mol. The van der Waals surface area contributed by atoms with E-state index in [9.17, 15) is 9.18 Å². The molecule has 1 heterocycles. The van der Waals surface area contributed by atoms with E-state index in [-0.39, 0.29) is 5.56 Å². The van der Waals surface area contributed by atoms with Crippen LogP contribution in [0.3, 0.4) is 0 Å². The molecule has 0 spiro atoms. The van der Waals surface area contributed by atoms with Crippen molar-refractivity contribution >= 4 is 56.7 Å². The number of fused-ring (bicyclic) bond motifs is 1. The number of benzene rings is 2. The van der Waals surface area contributed by atoms with E-state index in [1.807, 2.05) is 22.6 Å². The van der Waals surface area contributed by atoms with Crippen molar-refractivity contribution < 1.29 is 4.39 Å². The average molecular weight is 449 g/mol. The van der Waals surface area contributed by atoms with Gasteiger partial charge in [0.2, 0.25) is 0 Å². The van der Waals surface area contributed by atoms with Gasteiger partial charge in [-0.05, 0) is 47.7 Å². The summed E-state index contributed by atoms with van der Waals surface area (Å²) in [5.74, 6) is -0.0268. The minimum absolute atomic E-state index is 0.305. The normalized spacial score (nSPS) is 11.1. The number of hydrogen-bond donors (Lipinski definition) is 0. The smallest absolute Gasteiger partial charge is 0.266 e. The molecule has 3 aromatic rings. The molecule has 2 aromatic carbocycles. The molecule has 7 heteroatoms. The van der Waals surface area contributed by atoms with Gasteiger partial charge in [-0.15, -0.1) is 0 Å². The van der Waals surface area contributed by atoms with Crippen LogP contribution in [0.4, 0.5) is 4.39 Å². The molecule has 0 bridgehead atoms. The van der Waals surface area contributed by atoms with Gasteiger partial charge in [-0.2, -0.15) is 0 Å². The summed E-state index contributed by atoms with van der Waals surface area (Å²) in [5.41, 5.74) is 0.345. The standard InChI is InChI=1S/C15H8Cl2FIN2O/c1-7-20-13-6-11(18)12(19)5-8(13)15(22)21(7)14-9(16)3-2-4-10(14)17/h2-6H,1H3. The minimum atomic E-state index is -0.409. The zero-order chi connectivity index (χ0) is 16.0. The number of rotatable bonds is 1. The Morgan fingerprint density at radius 3 is 2.50 bits per heavy atom. The Balaban J connectivity index is 2.46.